The van der Waals surface area contributed by atoms with Crippen LogP contribution in [0.3, 0.4) is 0 Å². The van der Waals surface area contributed by atoms with Gasteiger partial charge in [-0.15, -0.1) is 0 Å². The largest absolute Gasteiger partial charge is 0.456 e. The van der Waals surface area contributed by atoms with Gasteiger partial charge in [-0.3, -0.25) is 29.4 Å². The molecule has 0 unspecified atom stereocenters. The minimum Gasteiger partial charge on any atom is -0.456 e. The summed E-state index contributed by atoms with van der Waals surface area (Å²) in [4.78, 5) is 60.1. The molecule has 0 saturated carbocycles. The van der Waals surface area contributed by atoms with Crippen molar-refractivity contribution < 1.29 is 28.7 Å². The van der Waals surface area contributed by atoms with Crippen LogP contribution < -0.4 is 10.6 Å². The van der Waals surface area contributed by atoms with Gasteiger partial charge in [0.05, 0.1) is 11.1 Å². The SMILES string of the molecule is CCCCNC(=O)NC(=O)COC(=O)CCCN1C(=O)c2ccccc2C1=O. The maximum atomic E-state index is 12.2. The minimum atomic E-state index is -0.734. The Balaban J connectivity index is 1.66. The zero-order chi connectivity index (χ0) is 20.5. The highest BCUT2D eigenvalue weighted by molar-refractivity contribution is 6.21. The highest BCUT2D eigenvalue weighted by Gasteiger charge is 2.34. The third kappa shape index (κ3) is 5.63. The van der Waals surface area contributed by atoms with Crippen molar-refractivity contribution in [3.8, 4) is 0 Å². The lowest BCUT2D eigenvalue weighted by Gasteiger charge is -2.13. The van der Waals surface area contributed by atoms with E-state index in [2.05, 4.69) is 10.6 Å². The molecular formula is C19H23N3O6. The molecule has 1 aromatic rings. The molecule has 0 fully saturated rings. The first-order valence-corrected chi connectivity index (χ1v) is 9.12. The minimum absolute atomic E-state index is 0.0661. The Hall–Kier alpha value is -3.23. The summed E-state index contributed by atoms with van der Waals surface area (Å²) in [5.74, 6) is -2.16. The maximum Gasteiger partial charge on any atom is 0.321 e. The van der Waals surface area contributed by atoms with Crippen LogP contribution in [0.2, 0.25) is 0 Å². The van der Waals surface area contributed by atoms with Crippen LogP contribution in [0.25, 0.3) is 0 Å². The third-order valence-electron chi connectivity index (χ3n) is 4.07. The van der Waals surface area contributed by atoms with E-state index in [1.165, 1.54) is 0 Å². The van der Waals surface area contributed by atoms with Crippen molar-refractivity contribution in [3.63, 3.8) is 0 Å². The predicted molar refractivity (Wildman–Crippen MR) is 98.5 cm³/mol. The molecule has 1 aliphatic heterocycles. The van der Waals surface area contributed by atoms with Crippen LogP contribution in [0.15, 0.2) is 24.3 Å². The second kappa shape index (κ2) is 10.2. The van der Waals surface area contributed by atoms with E-state index in [0.29, 0.717) is 17.7 Å². The number of hydrogen-bond donors (Lipinski definition) is 2. The van der Waals surface area contributed by atoms with Crippen LogP contribution >= 0.6 is 0 Å². The molecule has 9 heteroatoms. The van der Waals surface area contributed by atoms with Gasteiger partial charge < -0.3 is 10.1 Å². The molecule has 1 heterocycles. The Morgan fingerprint density at radius 3 is 2.29 bits per heavy atom. The molecule has 1 aromatic carbocycles. The van der Waals surface area contributed by atoms with Crippen LogP contribution in [-0.4, -0.2) is 54.3 Å². The number of fused-ring (bicyclic) bond motifs is 1. The van der Waals surface area contributed by atoms with Crippen LogP contribution in [0.4, 0.5) is 4.79 Å². The lowest BCUT2D eigenvalue weighted by Crippen LogP contribution is -2.41. The smallest absolute Gasteiger partial charge is 0.321 e. The molecule has 0 radical (unpaired) electrons. The summed E-state index contributed by atoms with van der Waals surface area (Å²) in [6, 6.07) is 5.89. The fraction of sp³-hybridized carbons (Fsp3) is 0.421. The fourth-order valence-electron chi connectivity index (χ4n) is 2.63. The summed E-state index contributed by atoms with van der Waals surface area (Å²) in [6.07, 6.45) is 1.85. The maximum absolute atomic E-state index is 12.2. The standard InChI is InChI=1S/C19H23N3O6/c1-2-3-10-20-19(27)21-15(23)12-28-16(24)9-6-11-22-17(25)13-7-4-5-8-14(13)18(22)26/h4-5,7-8H,2-3,6,9-12H2,1H3,(H2,20,21,23,27). The van der Waals surface area contributed by atoms with Crippen molar-refractivity contribution in [2.45, 2.75) is 32.6 Å². The topological polar surface area (TPSA) is 122 Å². The van der Waals surface area contributed by atoms with Gasteiger partial charge in [0, 0.05) is 19.5 Å². The average molecular weight is 389 g/mol. The van der Waals surface area contributed by atoms with Crippen molar-refractivity contribution in [1.29, 1.82) is 0 Å². The Morgan fingerprint density at radius 2 is 1.68 bits per heavy atom. The number of amides is 5. The number of rotatable bonds is 9. The first-order valence-electron chi connectivity index (χ1n) is 9.12. The Bertz CT molecular complexity index is 742. The molecule has 2 rings (SSSR count). The van der Waals surface area contributed by atoms with Crippen molar-refractivity contribution in [2.24, 2.45) is 0 Å². The number of nitrogens with one attached hydrogen (secondary N) is 2. The molecular weight excluding hydrogens is 366 g/mol. The molecule has 0 saturated heterocycles. The van der Waals surface area contributed by atoms with E-state index in [9.17, 15) is 24.0 Å². The van der Waals surface area contributed by atoms with Gasteiger partial charge in [0.15, 0.2) is 6.61 Å². The van der Waals surface area contributed by atoms with Gasteiger partial charge in [-0.25, -0.2) is 4.79 Å². The highest BCUT2D eigenvalue weighted by Crippen LogP contribution is 2.22. The zero-order valence-corrected chi connectivity index (χ0v) is 15.7. The summed E-state index contributed by atoms with van der Waals surface area (Å²) in [7, 11) is 0. The van der Waals surface area contributed by atoms with Gasteiger partial charge in [-0.1, -0.05) is 25.5 Å². The molecule has 0 spiro atoms. The molecule has 0 atom stereocenters. The number of urea groups is 1. The van der Waals surface area contributed by atoms with Gasteiger partial charge in [0.25, 0.3) is 17.7 Å². The van der Waals surface area contributed by atoms with Crippen LogP contribution in [-0.2, 0) is 14.3 Å². The number of carbonyl (C=O) groups excluding carboxylic acids is 5. The third-order valence-corrected chi connectivity index (χ3v) is 4.07. The summed E-state index contributed by atoms with van der Waals surface area (Å²) in [6.45, 7) is 1.92. The van der Waals surface area contributed by atoms with Crippen molar-refractivity contribution >= 4 is 29.7 Å². The molecule has 28 heavy (non-hydrogen) atoms. The quantitative estimate of drug-likeness (QED) is 0.372. The van der Waals surface area contributed by atoms with Gasteiger partial charge in [0.2, 0.25) is 0 Å². The number of esters is 1. The van der Waals surface area contributed by atoms with E-state index in [-0.39, 0.29) is 31.2 Å². The summed E-state index contributed by atoms with van der Waals surface area (Å²) in [5.41, 5.74) is 0.702. The highest BCUT2D eigenvalue weighted by atomic mass is 16.5. The van der Waals surface area contributed by atoms with Crippen molar-refractivity contribution in [3.05, 3.63) is 35.4 Å². The van der Waals surface area contributed by atoms with Crippen LogP contribution in [0.1, 0.15) is 53.3 Å². The van der Waals surface area contributed by atoms with E-state index in [4.69, 9.17) is 4.74 Å². The number of hydrogen-bond acceptors (Lipinski definition) is 6. The lowest BCUT2D eigenvalue weighted by atomic mass is 10.1. The Labute approximate surface area is 162 Å². The van der Waals surface area contributed by atoms with Gasteiger partial charge in [-0.2, -0.15) is 0 Å². The van der Waals surface area contributed by atoms with Gasteiger partial charge in [0.1, 0.15) is 0 Å². The zero-order valence-electron chi connectivity index (χ0n) is 15.7. The summed E-state index contributed by atoms with van der Waals surface area (Å²) >= 11 is 0. The van der Waals surface area contributed by atoms with Gasteiger partial charge >= 0.3 is 12.0 Å². The predicted octanol–water partition coefficient (Wildman–Crippen LogP) is 1.23. The van der Waals surface area contributed by atoms with E-state index in [0.717, 1.165) is 17.7 Å². The summed E-state index contributed by atoms with van der Waals surface area (Å²) < 4.78 is 4.79. The van der Waals surface area contributed by atoms with Crippen molar-refractivity contribution in [1.82, 2.24) is 15.5 Å². The molecule has 9 nitrogen and oxygen atoms in total. The number of ether oxygens (including phenoxy) is 1. The number of nitrogens with zero attached hydrogens (tertiary/aromatic N) is 1. The van der Waals surface area contributed by atoms with E-state index >= 15 is 0 Å². The number of unbranched alkanes of at least 4 members (excludes halogenated alkanes) is 1. The first kappa shape index (κ1) is 21.1. The molecule has 1 aliphatic rings. The molecule has 0 bridgehead atoms. The monoisotopic (exact) mass is 389 g/mol. The van der Waals surface area contributed by atoms with E-state index in [1.807, 2.05) is 6.92 Å². The van der Waals surface area contributed by atoms with E-state index in [1.54, 1.807) is 24.3 Å². The fourth-order valence-corrected chi connectivity index (χ4v) is 2.63. The lowest BCUT2D eigenvalue weighted by molar-refractivity contribution is -0.148. The molecule has 2 N–H and O–H groups in total. The summed E-state index contributed by atoms with van der Waals surface area (Å²) in [5, 5.41) is 4.56. The number of carbonyl (C=O) groups is 5. The Morgan fingerprint density at radius 1 is 1.04 bits per heavy atom. The molecule has 5 amide bonds. The molecule has 0 aromatic heterocycles. The molecule has 150 valence electrons. The number of imide groups is 2. The second-order valence-electron chi connectivity index (χ2n) is 6.23. The normalized spacial score (nSPS) is 12.5. The van der Waals surface area contributed by atoms with Crippen LogP contribution in [0.5, 0.6) is 0 Å². The van der Waals surface area contributed by atoms with Crippen molar-refractivity contribution in [2.75, 3.05) is 19.7 Å². The average Bonchev–Trinajstić information content (AvgIpc) is 2.92. The second-order valence-corrected chi connectivity index (χ2v) is 6.23. The Kier molecular flexibility index (Phi) is 7.67. The van der Waals surface area contributed by atoms with E-state index < -0.39 is 24.5 Å². The molecule has 0 aliphatic carbocycles. The number of benzene rings is 1. The van der Waals surface area contributed by atoms with Crippen LogP contribution in [0, 0.1) is 0 Å². The first-order chi connectivity index (χ1) is 13.4. The van der Waals surface area contributed by atoms with Gasteiger partial charge in [-0.05, 0) is 25.0 Å².